The first-order valence-corrected chi connectivity index (χ1v) is 42.9. The first-order chi connectivity index (χ1) is 47.7. The molecule has 0 rings (SSSR count). The van der Waals surface area contributed by atoms with Gasteiger partial charge in [0, 0.05) is 25.7 Å². The Morgan fingerprint density at radius 2 is 0.500 bits per heavy atom. The monoisotopic (exact) mass is 1430 g/mol. The number of carbonyl (C=O) groups is 4. The first kappa shape index (κ1) is 95.0. The number of ether oxygens (including phenoxy) is 4. The molecule has 0 spiro atoms. The van der Waals surface area contributed by atoms with E-state index in [1.54, 1.807) is 0 Å². The summed E-state index contributed by atoms with van der Waals surface area (Å²) in [5.41, 5.74) is 0. The first-order valence-electron chi connectivity index (χ1n) is 39.9. The number of hydrogen-bond acceptors (Lipinski definition) is 15. The molecular formula is C79H146O17P2. The van der Waals surface area contributed by atoms with Crippen molar-refractivity contribution in [1.82, 2.24) is 0 Å². The van der Waals surface area contributed by atoms with Crippen LogP contribution in [0.5, 0.6) is 0 Å². The van der Waals surface area contributed by atoms with Gasteiger partial charge in [-0.3, -0.25) is 37.3 Å². The van der Waals surface area contributed by atoms with Gasteiger partial charge in [-0.15, -0.1) is 0 Å². The lowest BCUT2D eigenvalue weighted by atomic mass is 10.0. The average Bonchev–Trinajstić information content (AvgIpc) is 0.984. The standard InChI is InChI=1S/C79H146O17P2/c1-5-9-13-17-21-25-29-33-36-40-43-47-51-55-59-63-76(81)89-69-74(95-78(83)65-61-57-53-49-45-39-32-28-24-20-16-12-8-4)71-93-97(85,86)91-67-73(80)68-92-98(87,88)94-72-75(96-79(84)66-62-58-54-50-46-42-38-35-31-27-23-19-15-11-7-3)70-90-77(82)64-60-56-52-48-44-41-37-34-30-26-22-18-14-10-6-2/h27,31,33-38,73-75,80H,5-26,28-30,32,39-72H2,1-4H3,(H,85,86)(H,87,88)/b31-27-,36-33-,37-34-,38-35-/t73-,74+,75+/m0/s1. The van der Waals surface area contributed by atoms with E-state index >= 15 is 0 Å². The molecule has 98 heavy (non-hydrogen) atoms. The van der Waals surface area contributed by atoms with Gasteiger partial charge in [-0.25, -0.2) is 9.13 Å². The third kappa shape index (κ3) is 71.4. The molecule has 2 unspecified atom stereocenters. The topological polar surface area (TPSA) is 237 Å². The van der Waals surface area contributed by atoms with Gasteiger partial charge in [0.25, 0.3) is 0 Å². The third-order valence-corrected chi connectivity index (χ3v) is 19.2. The van der Waals surface area contributed by atoms with E-state index in [9.17, 15) is 43.2 Å². The molecular weight excluding hydrogens is 1280 g/mol. The second-order valence-corrected chi connectivity index (χ2v) is 29.9. The van der Waals surface area contributed by atoms with Crippen molar-refractivity contribution in [2.75, 3.05) is 39.6 Å². The number of hydrogen-bond donors (Lipinski definition) is 3. The summed E-state index contributed by atoms with van der Waals surface area (Å²) < 4.78 is 68.6. The highest BCUT2D eigenvalue weighted by Crippen LogP contribution is 2.45. The Bertz CT molecular complexity index is 2050. The van der Waals surface area contributed by atoms with Crippen molar-refractivity contribution < 1.29 is 80.2 Å². The molecule has 574 valence electrons. The zero-order chi connectivity index (χ0) is 71.8. The van der Waals surface area contributed by atoms with Gasteiger partial charge in [-0.2, -0.15) is 0 Å². The van der Waals surface area contributed by atoms with E-state index in [0.717, 1.165) is 141 Å². The van der Waals surface area contributed by atoms with Crippen molar-refractivity contribution in [2.45, 2.75) is 393 Å². The Morgan fingerprint density at radius 1 is 0.286 bits per heavy atom. The molecule has 5 atom stereocenters. The van der Waals surface area contributed by atoms with Gasteiger partial charge in [0.1, 0.15) is 19.3 Å². The van der Waals surface area contributed by atoms with Crippen molar-refractivity contribution in [3.8, 4) is 0 Å². The van der Waals surface area contributed by atoms with Crippen molar-refractivity contribution in [2.24, 2.45) is 0 Å². The molecule has 0 aromatic carbocycles. The molecule has 0 bridgehead atoms. The van der Waals surface area contributed by atoms with Crippen LogP contribution >= 0.6 is 15.6 Å². The molecule has 0 aliphatic heterocycles. The molecule has 0 aromatic rings. The van der Waals surface area contributed by atoms with E-state index in [2.05, 4.69) is 76.3 Å². The minimum absolute atomic E-state index is 0.0806. The van der Waals surface area contributed by atoms with Gasteiger partial charge in [-0.05, 0) is 103 Å². The molecule has 0 saturated heterocycles. The maximum Gasteiger partial charge on any atom is 0.472 e. The van der Waals surface area contributed by atoms with E-state index in [1.807, 2.05) is 0 Å². The van der Waals surface area contributed by atoms with E-state index in [-0.39, 0.29) is 25.7 Å². The number of unbranched alkanes of at least 4 members (excludes halogenated alkanes) is 43. The second kappa shape index (κ2) is 72.4. The summed E-state index contributed by atoms with van der Waals surface area (Å²) in [5, 5.41) is 10.6. The van der Waals surface area contributed by atoms with Gasteiger partial charge in [0.15, 0.2) is 12.2 Å². The van der Waals surface area contributed by atoms with Crippen molar-refractivity contribution in [3.05, 3.63) is 48.6 Å². The predicted molar refractivity (Wildman–Crippen MR) is 400 cm³/mol. The summed E-state index contributed by atoms with van der Waals surface area (Å²) in [7, 11) is -9.94. The van der Waals surface area contributed by atoms with Gasteiger partial charge < -0.3 is 33.8 Å². The highest BCUT2D eigenvalue weighted by atomic mass is 31.2. The number of phosphoric ester groups is 2. The molecule has 0 aromatic heterocycles. The lowest BCUT2D eigenvalue weighted by Gasteiger charge is -2.21. The van der Waals surface area contributed by atoms with E-state index in [1.165, 1.54) is 154 Å². The van der Waals surface area contributed by atoms with Crippen molar-refractivity contribution >= 4 is 39.5 Å². The van der Waals surface area contributed by atoms with Crippen LogP contribution in [-0.2, 0) is 65.4 Å². The van der Waals surface area contributed by atoms with Crippen LogP contribution in [0.3, 0.4) is 0 Å². The third-order valence-electron chi connectivity index (χ3n) is 17.3. The highest BCUT2D eigenvalue weighted by Gasteiger charge is 2.30. The quantitative estimate of drug-likeness (QED) is 0.0128. The number of esters is 4. The molecule has 17 nitrogen and oxygen atoms in total. The van der Waals surface area contributed by atoms with Gasteiger partial charge in [-0.1, -0.05) is 295 Å². The van der Waals surface area contributed by atoms with Crippen molar-refractivity contribution in [1.29, 1.82) is 0 Å². The van der Waals surface area contributed by atoms with Crippen LogP contribution in [0.1, 0.15) is 374 Å². The molecule has 0 saturated carbocycles. The minimum Gasteiger partial charge on any atom is -0.462 e. The number of phosphoric acid groups is 2. The number of rotatable bonds is 76. The number of allylic oxidation sites excluding steroid dienone is 8. The molecule has 0 fully saturated rings. The molecule has 0 aliphatic rings. The molecule has 0 amide bonds. The Hall–Kier alpha value is -2.98. The number of aliphatic hydroxyl groups excluding tert-OH is 1. The Balaban J connectivity index is 5.33. The lowest BCUT2D eigenvalue weighted by molar-refractivity contribution is -0.161. The van der Waals surface area contributed by atoms with Gasteiger partial charge in [0.2, 0.25) is 0 Å². The highest BCUT2D eigenvalue weighted by molar-refractivity contribution is 7.47. The fourth-order valence-electron chi connectivity index (χ4n) is 11.1. The molecule has 0 radical (unpaired) electrons. The van der Waals surface area contributed by atoms with Crippen LogP contribution in [0.25, 0.3) is 0 Å². The number of carbonyl (C=O) groups excluding carboxylic acids is 4. The lowest BCUT2D eigenvalue weighted by Crippen LogP contribution is -2.30. The average molecular weight is 1430 g/mol. The summed E-state index contributed by atoms with van der Waals surface area (Å²) in [4.78, 5) is 72.9. The van der Waals surface area contributed by atoms with Crippen LogP contribution in [-0.4, -0.2) is 96.7 Å². The van der Waals surface area contributed by atoms with Crippen LogP contribution < -0.4 is 0 Å². The fraction of sp³-hybridized carbons (Fsp3) is 0.848. The minimum atomic E-state index is -4.97. The smallest absolute Gasteiger partial charge is 0.462 e. The molecule has 3 N–H and O–H groups in total. The number of aliphatic hydroxyl groups is 1. The van der Waals surface area contributed by atoms with E-state index in [0.29, 0.717) is 25.7 Å². The molecule has 0 heterocycles. The van der Waals surface area contributed by atoms with Crippen LogP contribution in [0.4, 0.5) is 0 Å². The normalized spacial score (nSPS) is 14.2. The Labute approximate surface area is 597 Å². The SMILES string of the molecule is CCCCCC/C=C\C=C/CCCCCCCC(=O)O[C@H](COC(=O)CCCCCCC/C=C\CCCCCCCC)COP(=O)(O)OC[C@@H](O)COP(=O)(O)OC[C@@H](COC(=O)CCCCCCC/C=C\CCCCCCCC)OC(=O)CCCCCCCCCCCCCCC. The summed E-state index contributed by atoms with van der Waals surface area (Å²) in [6.45, 7) is 4.88. The largest absolute Gasteiger partial charge is 0.472 e. The zero-order valence-corrected chi connectivity index (χ0v) is 64.5. The summed E-state index contributed by atoms with van der Waals surface area (Å²) in [6, 6.07) is 0. The summed E-state index contributed by atoms with van der Waals surface area (Å²) >= 11 is 0. The van der Waals surface area contributed by atoms with E-state index < -0.39 is 97.5 Å². The van der Waals surface area contributed by atoms with Crippen LogP contribution in [0.2, 0.25) is 0 Å². The van der Waals surface area contributed by atoms with Gasteiger partial charge >= 0.3 is 39.5 Å². The molecule has 0 aliphatic carbocycles. The van der Waals surface area contributed by atoms with Crippen LogP contribution in [0.15, 0.2) is 48.6 Å². The van der Waals surface area contributed by atoms with Crippen LogP contribution in [0, 0.1) is 0 Å². The predicted octanol–water partition coefficient (Wildman–Crippen LogP) is 22.9. The Morgan fingerprint density at radius 3 is 0.776 bits per heavy atom. The maximum absolute atomic E-state index is 13.1. The second-order valence-electron chi connectivity index (χ2n) is 27.0. The summed E-state index contributed by atoms with van der Waals surface area (Å²) in [6.07, 6.45) is 69.4. The van der Waals surface area contributed by atoms with E-state index in [4.69, 9.17) is 37.0 Å². The molecule has 19 heteroatoms. The summed E-state index contributed by atoms with van der Waals surface area (Å²) in [5.74, 6) is -2.17. The van der Waals surface area contributed by atoms with Crippen molar-refractivity contribution in [3.63, 3.8) is 0 Å². The maximum atomic E-state index is 13.1. The van der Waals surface area contributed by atoms with Gasteiger partial charge in [0.05, 0.1) is 26.4 Å². The fourth-order valence-corrected chi connectivity index (χ4v) is 12.7. The zero-order valence-electron chi connectivity index (χ0n) is 62.7. The Kier molecular flexibility index (Phi) is 70.2.